The minimum absolute atomic E-state index is 0.0630. The van der Waals surface area contributed by atoms with Crippen LogP contribution in [0.5, 0.6) is 0 Å². The molecule has 2 N–H and O–H groups in total. The number of aliphatic hydroxyl groups is 1. The van der Waals surface area contributed by atoms with E-state index in [1.807, 2.05) is 24.3 Å². The Kier molecular flexibility index (Phi) is 3.90. The maximum atomic E-state index is 8.92. The van der Waals surface area contributed by atoms with Crippen LogP contribution in [-0.2, 0) is 13.2 Å². The lowest BCUT2D eigenvalue weighted by atomic mass is 10.1. The van der Waals surface area contributed by atoms with E-state index in [4.69, 9.17) is 16.7 Å². The molecule has 1 aromatic heterocycles. The van der Waals surface area contributed by atoms with Crippen molar-refractivity contribution in [3.8, 4) is 0 Å². The van der Waals surface area contributed by atoms with Crippen molar-refractivity contribution >= 4 is 17.4 Å². The van der Waals surface area contributed by atoms with Crippen molar-refractivity contribution in [2.45, 2.75) is 13.2 Å². The quantitative estimate of drug-likeness (QED) is 0.873. The van der Waals surface area contributed by atoms with Gasteiger partial charge in [0.15, 0.2) is 0 Å². The Morgan fingerprint density at radius 1 is 1.12 bits per heavy atom. The highest BCUT2D eigenvalue weighted by molar-refractivity contribution is 6.29. The first-order chi connectivity index (χ1) is 8.28. The van der Waals surface area contributed by atoms with Crippen LogP contribution in [0.2, 0.25) is 5.15 Å². The first-order valence-electron chi connectivity index (χ1n) is 5.18. The maximum absolute atomic E-state index is 8.92. The summed E-state index contributed by atoms with van der Waals surface area (Å²) in [6.07, 6.45) is 3.11. The number of anilines is 1. The average Bonchev–Trinajstić information content (AvgIpc) is 2.37. The van der Waals surface area contributed by atoms with Crippen LogP contribution in [0.15, 0.2) is 36.7 Å². The summed E-state index contributed by atoms with van der Waals surface area (Å²) >= 11 is 5.72. The van der Waals surface area contributed by atoms with Crippen LogP contribution in [0.3, 0.4) is 0 Å². The van der Waals surface area contributed by atoms with Crippen LogP contribution in [0.1, 0.15) is 11.1 Å². The molecule has 88 valence electrons. The number of nitrogens with zero attached hydrogens (tertiary/aromatic N) is 2. The van der Waals surface area contributed by atoms with Crippen molar-refractivity contribution in [2.75, 3.05) is 5.32 Å². The van der Waals surface area contributed by atoms with Gasteiger partial charge in [0, 0.05) is 6.54 Å². The average molecular weight is 250 g/mol. The molecule has 0 bridgehead atoms. The molecular weight excluding hydrogens is 238 g/mol. The zero-order chi connectivity index (χ0) is 12.1. The van der Waals surface area contributed by atoms with Crippen LogP contribution in [0.25, 0.3) is 0 Å². The van der Waals surface area contributed by atoms with E-state index in [2.05, 4.69) is 15.3 Å². The van der Waals surface area contributed by atoms with E-state index in [0.29, 0.717) is 17.5 Å². The lowest BCUT2D eigenvalue weighted by Crippen LogP contribution is -2.01. The summed E-state index contributed by atoms with van der Waals surface area (Å²) in [4.78, 5) is 8.01. The maximum Gasteiger partial charge on any atom is 0.149 e. The molecule has 0 unspecified atom stereocenters. The summed E-state index contributed by atoms with van der Waals surface area (Å²) in [5.74, 6) is 0.642. The first-order valence-corrected chi connectivity index (χ1v) is 5.56. The minimum atomic E-state index is 0.0630. The predicted molar refractivity (Wildman–Crippen MR) is 66.7 cm³/mol. The molecule has 1 aromatic carbocycles. The van der Waals surface area contributed by atoms with Gasteiger partial charge in [-0.25, -0.2) is 4.98 Å². The van der Waals surface area contributed by atoms with Crippen LogP contribution < -0.4 is 5.32 Å². The second-order valence-electron chi connectivity index (χ2n) is 3.56. The number of hydrogen-bond donors (Lipinski definition) is 2. The van der Waals surface area contributed by atoms with Gasteiger partial charge in [-0.3, -0.25) is 4.98 Å². The number of hydrogen-bond acceptors (Lipinski definition) is 4. The van der Waals surface area contributed by atoms with Crippen molar-refractivity contribution in [1.29, 1.82) is 0 Å². The van der Waals surface area contributed by atoms with Gasteiger partial charge in [-0.1, -0.05) is 35.9 Å². The molecular formula is C12H12ClN3O. The second-order valence-corrected chi connectivity index (χ2v) is 3.94. The monoisotopic (exact) mass is 249 g/mol. The lowest BCUT2D eigenvalue weighted by Gasteiger charge is -2.05. The molecule has 17 heavy (non-hydrogen) atoms. The van der Waals surface area contributed by atoms with Gasteiger partial charge in [-0.15, -0.1) is 0 Å². The molecule has 0 spiro atoms. The molecule has 0 fully saturated rings. The number of aliphatic hydroxyl groups excluding tert-OH is 1. The fourth-order valence-corrected chi connectivity index (χ4v) is 1.53. The molecule has 0 atom stereocenters. The molecule has 0 aliphatic rings. The smallest absolute Gasteiger partial charge is 0.149 e. The summed E-state index contributed by atoms with van der Waals surface area (Å²) in [5.41, 5.74) is 2.00. The molecule has 0 radical (unpaired) electrons. The Labute approximate surface area is 104 Å². The van der Waals surface area contributed by atoms with Gasteiger partial charge in [0.1, 0.15) is 11.0 Å². The van der Waals surface area contributed by atoms with Crippen LogP contribution in [0.4, 0.5) is 5.82 Å². The van der Waals surface area contributed by atoms with Crippen LogP contribution >= 0.6 is 11.6 Å². The van der Waals surface area contributed by atoms with Gasteiger partial charge in [-0.05, 0) is 11.1 Å². The Morgan fingerprint density at radius 3 is 2.47 bits per heavy atom. The first kappa shape index (κ1) is 11.8. The highest BCUT2D eigenvalue weighted by atomic mass is 35.5. The zero-order valence-electron chi connectivity index (χ0n) is 9.10. The number of aromatic nitrogens is 2. The third-order valence-corrected chi connectivity index (χ3v) is 2.47. The topological polar surface area (TPSA) is 58.0 Å². The van der Waals surface area contributed by atoms with Gasteiger partial charge >= 0.3 is 0 Å². The highest BCUT2D eigenvalue weighted by Gasteiger charge is 1.97. The fourth-order valence-electron chi connectivity index (χ4n) is 1.38. The molecule has 2 rings (SSSR count). The molecule has 0 aliphatic heterocycles. The molecule has 0 aliphatic carbocycles. The summed E-state index contributed by atoms with van der Waals surface area (Å²) in [7, 11) is 0. The van der Waals surface area contributed by atoms with Crippen molar-refractivity contribution in [1.82, 2.24) is 9.97 Å². The Hall–Kier alpha value is -1.65. The van der Waals surface area contributed by atoms with Crippen molar-refractivity contribution in [3.63, 3.8) is 0 Å². The van der Waals surface area contributed by atoms with E-state index in [1.54, 1.807) is 6.20 Å². The van der Waals surface area contributed by atoms with Gasteiger partial charge in [0.25, 0.3) is 0 Å². The van der Waals surface area contributed by atoms with Gasteiger partial charge in [0.05, 0.1) is 19.0 Å². The lowest BCUT2D eigenvalue weighted by molar-refractivity contribution is 0.282. The molecule has 0 amide bonds. The largest absolute Gasteiger partial charge is 0.392 e. The summed E-state index contributed by atoms with van der Waals surface area (Å²) in [6, 6.07) is 7.69. The standard InChI is InChI=1S/C12H12ClN3O/c13-11-6-14-7-12(16-11)15-5-9-1-3-10(8-17)4-2-9/h1-4,6-7,17H,5,8H2,(H,15,16). The molecule has 1 heterocycles. The van der Waals surface area contributed by atoms with Gasteiger partial charge < -0.3 is 10.4 Å². The summed E-state index contributed by atoms with van der Waals surface area (Å²) < 4.78 is 0. The number of benzene rings is 1. The number of nitrogens with one attached hydrogen (secondary N) is 1. The molecule has 0 saturated carbocycles. The van der Waals surface area contributed by atoms with E-state index < -0.39 is 0 Å². The van der Waals surface area contributed by atoms with E-state index in [-0.39, 0.29) is 6.61 Å². The summed E-state index contributed by atoms with van der Waals surface area (Å²) in [5, 5.41) is 12.4. The third kappa shape index (κ3) is 3.41. The van der Waals surface area contributed by atoms with E-state index in [1.165, 1.54) is 6.20 Å². The normalized spacial score (nSPS) is 10.2. The molecule has 2 aromatic rings. The Balaban J connectivity index is 1.97. The van der Waals surface area contributed by atoms with Crippen LogP contribution in [0, 0.1) is 0 Å². The van der Waals surface area contributed by atoms with E-state index in [9.17, 15) is 0 Å². The van der Waals surface area contributed by atoms with E-state index in [0.717, 1.165) is 11.1 Å². The SMILES string of the molecule is OCc1ccc(CNc2cncc(Cl)n2)cc1. The zero-order valence-corrected chi connectivity index (χ0v) is 9.85. The van der Waals surface area contributed by atoms with Gasteiger partial charge in [-0.2, -0.15) is 0 Å². The fraction of sp³-hybridized carbons (Fsp3) is 0.167. The Morgan fingerprint density at radius 2 is 1.82 bits per heavy atom. The van der Waals surface area contributed by atoms with Crippen molar-refractivity contribution < 1.29 is 5.11 Å². The highest BCUT2D eigenvalue weighted by Crippen LogP contribution is 2.09. The molecule has 0 saturated heterocycles. The Bertz CT molecular complexity index is 487. The minimum Gasteiger partial charge on any atom is -0.392 e. The number of halogens is 1. The predicted octanol–water partition coefficient (Wildman–Crippen LogP) is 2.23. The third-order valence-electron chi connectivity index (χ3n) is 2.28. The second kappa shape index (κ2) is 5.61. The number of rotatable bonds is 4. The van der Waals surface area contributed by atoms with Gasteiger partial charge in [0.2, 0.25) is 0 Å². The summed E-state index contributed by atoms with van der Waals surface area (Å²) in [6.45, 7) is 0.703. The van der Waals surface area contributed by atoms with Crippen molar-refractivity contribution in [3.05, 3.63) is 52.9 Å². The molecule has 5 heteroatoms. The van der Waals surface area contributed by atoms with E-state index >= 15 is 0 Å². The van der Waals surface area contributed by atoms with Crippen molar-refractivity contribution in [2.24, 2.45) is 0 Å². The van der Waals surface area contributed by atoms with Crippen LogP contribution in [-0.4, -0.2) is 15.1 Å². The molecule has 4 nitrogen and oxygen atoms in total.